The van der Waals surface area contributed by atoms with E-state index in [2.05, 4.69) is 5.32 Å². The van der Waals surface area contributed by atoms with Gasteiger partial charge in [0.1, 0.15) is 0 Å². The molecule has 2 amide bonds. The average molecular weight is 308 g/mol. The number of rotatable bonds is 4. The molecule has 0 bridgehead atoms. The van der Waals surface area contributed by atoms with Crippen molar-refractivity contribution >= 4 is 29.4 Å². The van der Waals surface area contributed by atoms with Crippen molar-refractivity contribution in [2.75, 3.05) is 23.5 Å². The molecule has 5 nitrogen and oxygen atoms in total. The van der Waals surface area contributed by atoms with Crippen LogP contribution in [0, 0.1) is 5.92 Å². The largest absolute Gasteiger partial charge is 0.481 e. The third kappa shape index (κ3) is 3.69. The predicted molar refractivity (Wildman–Crippen MR) is 85.0 cm³/mol. The van der Waals surface area contributed by atoms with E-state index in [-0.39, 0.29) is 18.6 Å². The van der Waals surface area contributed by atoms with Crippen LogP contribution in [-0.2, 0) is 11.2 Å². The molecule has 114 valence electrons. The first-order valence-electron chi connectivity index (χ1n) is 6.90. The van der Waals surface area contributed by atoms with Gasteiger partial charge in [-0.2, -0.15) is 11.8 Å². The van der Waals surface area contributed by atoms with E-state index < -0.39 is 11.9 Å². The summed E-state index contributed by atoms with van der Waals surface area (Å²) in [6.07, 6.45) is 2.45. The summed E-state index contributed by atoms with van der Waals surface area (Å²) in [6.45, 7) is 2.16. The molecule has 1 aliphatic heterocycles. The Morgan fingerprint density at radius 2 is 2.19 bits per heavy atom. The van der Waals surface area contributed by atoms with E-state index >= 15 is 0 Å². The van der Waals surface area contributed by atoms with Crippen molar-refractivity contribution in [1.82, 2.24) is 5.32 Å². The highest BCUT2D eigenvalue weighted by Crippen LogP contribution is 2.29. The van der Waals surface area contributed by atoms with Gasteiger partial charge in [-0.25, -0.2) is 4.79 Å². The van der Waals surface area contributed by atoms with Crippen molar-refractivity contribution in [1.29, 1.82) is 0 Å². The number of benzene rings is 1. The van der Waals surface area contributed by atoms with E-state index in [1.165, 1.54) is 0 Å². The highest BCUT2D eigenvalue weighted by atomic mass is 32.2. The number of nitrogens with zero attached hydrogens (tertiary/aromatic N) is 1. The molecule has 0 saturated carbocycles. The van der Waals surface area contributed by atoms with Crippen molar-refractivity contribution in [3.63, 3.8) is 0 Å². The lowest BCUT2D eigenvalue weighted by molar-refractivity contribution is -0.141. The fourth-order valence-electron chi connectivity index (χ4n) is 2.53. The third-order valence-electron chi connectivity index (χ3n) is 3.53. The second kappa shape index (κ2) is 6.85. The van der Waals surface area contributed by atoms with E-state index in [0.717, 1.165) is 17.0 Å². The van der Waals surface area contributed by atoms with E-state index in [9.17, 15) is 14.7 Å². The predicted octanol–water partition coefficient (Wildman–Crippen LogP) is 2.21. The highest BCUT2D eigenvalue weighted by molar-refractivity contribution is 7.98. The molecule has 1 aliphatic rings. The van der Waals surface area contributed by atoms with Crippen LogP contribution in [-0.4, -0.2) is 41.7 Å². The first-order chi connectivity index (χ1) is 10.0. The summed E-state index contributed by atoms with van der Waals surface area (Å²) in [6, 6.07) is 7.31. The normalized spacial score (nSPS) is 18.8. The van der Waals surface area contributed by atoms with E-state index in [0.29, 0.717) is 6.42 Å². The molecule has 0 spiro atoms. The van der Waals surface area contributed by atoms with Crippen LogP contribution in [0.4, 0.5) is 10.5 Å². The molecule has 2 rings (SSSR count). The Hall–Kier alpha value is -1.69. The molecule has 2 N–H and O–H groups in total. The third-order valence-corrected chi connectivity index (χ3v) is 4.37. The number of fused-ring (bicyclic) bond motifs is 1. The van der Waals surface area contributed by atoms with Gasteiger partial charge in [0.15, 0.2) is 0 Å². The van der Waals surface area contributed by atoms with Gasteiger partial charge >= 0.3 is 12.0 Å². The maximum Gasteiger partial charge on any atom is 0.322 e. The van der Waals surface area contributed by atoms with Crippen LogP contribution in [0.1, 0.15) is 12.5 Å². The topological polar surface area (TPSA) is 69.6 Å². The number of anilines is 1. The van der Waals surface area contributed by atoms with Gasteiger partial charge in [-0.3, -0.25) is 9.69 Å². The van der Waals surface area contributed by atoms with Gasteiger partial charge in [-0.1, -0.05) is 18.2 Å². The number of nitrogens with one attached hydrogen (secondary N) is 1. The number of hydrogen-bond acceptors (Lipinski definition) is 3. The number of carbonyl (C=O) groups is 2. The van der Waals surface area contributed by atoms with Crippen LogP contribution in [0.15, 0.2) is 24.3 Å². The number of hydrogen-bond donors (Lipinski definition) is 2. The molecule has 0 aliphatic carbocycles. The highest BCUT2D eigenvalue weighted by Gasteiger charge is 2.32. The maximum atomic E-state index is 12.4. The summed E-state index contributed by atoms with van der Waals surface area (Å²) in [5.74, 6) is -0.593. The van der Waals surface area contributed by atoms with Gasteiger partial charge in [0, 0.05) is 24.0 Å². The number of carboxylic acid groups (broad SMARTS) is 1. The molecule has 6 heteroatoms. The Morgan fingerprint density at radius 1 is 1.48 bits per heavy atom. The van der Waals surface area contributed by atoms with Crippen molar-refractivity contribution in [2.24, 2.45) is 5.92 Å². The first kappa shape index (κ1) is 15.7. The Balaban J connectivity index is 2.20. The van der Waals surface area contributed by atoms with Crippen LogP contribution in [0.5, 0.6) is 0 Å². The number of urea groups is 1. The fraction of sp³-hybridized carbons (Fsp3) is 0.467. The number of amides is 2. The van der Waals surface area contributed by atoms with Crippen LogP contribution >= 0.6 is 11.8 Å². The van der Waals surface area contributed by atoms with Gasteiger partial charge in [0.25, 0.3) is 0 Å². The van der Waals surface area contributed by atoms with Crippen LogP contribution in [0.3, 0.4) is 0 Å². The quantitative estimate of drug-likeness (QED) is 0.895. The molecule has 21 heavy (non-hydrogen) atoms. The zero-order valence-corrected chi connectivity index (χ0v) is 13.0. The molecular formula is C15H20N2O3S. The SMILES string of the molecule is CSCC(C)NC(=O)N1CC(C(=O)O)Cc2ccccc21. The molecular weight excluding hydrogens is 288 g/mol. The molecule has 1 aromatic carbocycles. The van der Waals surface area contributed by atoms with Crippen LogP contribution < -0.4 is 10.2 Å². The standard InChI is InChI=1S/C15H20N2O3S/c1-10(9-21-2)16-15(20)17-8-12(14(18)19)7-11-5-3-4-6-13(11)17/h3-6,10,12H,7-9H2,1-2H3,(H,16,20)(H,18,19). The Kier molecular flexibility index (Phi) is 5.12. The Morgan fingerprint density at radius 3 is 2.86 bits per heavy atom. The second-order valence-corrected chi connectivity index (χ2v) is 6.20. The molecule has 2 atom stereocenters. The molecule has 0 saturated heterocycles. The molecule has 0 radical (unpaired) electrons. The molecule has 1 aromatic rings. The lowest BCUT2D eigenvalue weighted by Crippen LogP contribution is -2.50. The number of thioether (sulfide) groups is 1. The van der Waals surface area contributed by atoms with Gasteiger partial charge in [-0.15, -0.1) is 0 Å². The van der Waals surface area contributed by atoms with Crippen LogP contribution in [0.2, 0.25) is 0 Å². The monoisotopic (exact) mass is 308 g/mol. The lowest BCUT2D eigenvalue weighted by Gasteiger charge is -2.33. The summed E-state index contributed by atoms with van der Waals surface area (Å²) in [4.78, 5) is 25.3. The summed E-state index contributed by atoms with van der Waals surface area (Å²) in [5.41, 5.74) is 1.72. The zero-order chi connectivity index (χ0) is 15.4. The van der Waals surface area contributed by atoms with Crippen molar-refractivity contribution in [3.8, 4) is 0 Å². The number of carbonyl (C=O) groups excluding carboxylic acids is 1. The van der Waals surface area contributed by atoms with Crippen molar-refractivity contribution in [3.05, 3.63) is 29.8 Å². The second-order valence-electron chi connectivity index (χ2n) is 5.28. The number of carboxylic acids is 1. The average Bonchev–Trinajstić information content (AvgIpc) is 2.46. The maximum absolute atomic E-state index is 12.4. The van der Waals surface area contributed by atoms with Crippen LogP contribution in [0.25, 0.3) is 0 Å². The van der Waals surface area contributed by atoms with Gasteiger partial charge < -0.3 is 10.4 Å². The minimum atomic E-state index is -0.862. The summed E-state index contributed by atoms with van der Waals surface area (Å²) < 4.78 is 0. The summed E-state index contributed by atoms with van der Waals surface area (Å²) in [5, 5.41) is 12.2. The van der Waals surface area contributed by atoms with E-state index in [1.807, 2.05) is 37.4 Å². The number of para-hydroxylation sites is 1. The Labute approximate surface area is 128 Å². The molecule has 0 aromatic heterocycles. The molecule has 1 heterocycles. The van der Waals surface area contributed by atoms with E-state index in [1.54, 1.807) is 16.7 Å². The number of aliphatic carboxylic acids is 1. The van der Waals surface area contributed by atoms with Gasteiger partial charge in [-0.05, 0) is 31.2 Å². The smallest absolute Gasteiger partial charge is 0.322 e. The van der Waals surface area contributed by atoms with Gasteiger partial charge in [0.05, 0.1) is 5.92 Å². The summed E-state index contributed by atoms with van der Waals surface area (Å²) in [7, 11) is 0. The van der Waals surface area contributed by atoms with Crippen molar-refractivity contribution in [2.45, 2.75) is 19.4 Å². The molecule has 2 unspecified atom stereocenters. The van der Waals surface area contributed by atoms with E-state index in [4.69, 9.17) is 0 Å². The minimum absolute atomic E-state index is 0.0462. The first-order valence-corrected chi connectivity index (χ1v) is 8.30. The minimum Gasteiger partial charge on any atom is -0.481 e. The zero-order valence-electron chi connectivity index (χ0n) is 12.2. The molecule has 0 fully saturated rings. The van der Waals surface area contributed by atoms with Crippen molar-refractivity contribution < 1.29 is 14.7 Å². The fourth-order valence-corrected chi connectivity index (χ4v) is 3.12. The lowest BCUT2D eigenvalue weighted by atomic mass is 9.93. The Bertz CT molecular complexity index is 535. The summed E-state index contributed by atoms with van der Waals surface area (Å²) >= 11 is 1.66. The van der Waals surface area contributed by atoms with Gasteiger partial charge in [0.2, 0.25) is 0 Å².